The highest BCUT2D eigenvalue weighted by Gasteiger charge is 2.14. The van der Waals surface area contributed by atoms with Crippen LogP contribution in [0.5, 0.6) is 0 Å². The highest BCUT2D eigenvalue weighted by atomic mass is 16.4. The Hall–Kier alpha value is -2.83. The van der Waals surface area contributed by atoms with Gasteiger partial charge in [0.25, 0.3) is 5.95 Å². The normalized spacial score (nSPS) is 10.7. The number of carboxylic acid groups (broad SMARTS) is 1. The van der Waals surface area contributed by atoms with Crippen LogP contribution in [0.15, 0.2) is 37.1 Å². The van der Waals surface area contributed by atoms with E-state index in [0.29, 0.717) is 16.9 Å². The van der Waals surface area contributed by atoms with Crippen molar-refractivity contribution in [3.8, 4) is 5.95 Å². The van der Waals surface area contributed by atoms with Crippen LogP contribution in [0.25, 0.3) is 16.9 Å². The van der Waals surface area contributed by atoms with Crippen LogP contribution in [-0.4, -0.2) is 35.8 Å². The number of fused-ring (bicyclic) bond motifs is 1. The molecule has 0 saturated carbocycles. The standard InChI is InChI=1S/C11H7N5O2/c17-10(18)8-4-12-6-9-7(8)5-15-16(9)11-13-2-1-3-14-11/h1-6H,(H,17,18). The molecule has 0 amide bonds. The van der Waals surface area contributed by atoms with Gasteiger partial charge in [-0.3, -0.25) is 4.98 Å². The molecule has 0 aliphatic carbocycles. The Morgan fingerprint density at radius 2 is 1.94 bits per heavy atom. The summed E-state index contributed by atoms with van der Waals surface area (Å²) in [6.07, 6.45) is 7.47. The number of carboxylic acids is 1. The van der Waals surface area contributed by atoms with Crippen LogP contribution < -0.4 is 0 Å². The third kappa shape index (κ3) is 1.49. The molecule has 3 heterocycles. The van der Waals surface area contributed by atoms with Crippen LogP contribution in [0.2, 0.25) is 0 Å². The highest BCUT2D eigenvalue weighted by Crippen LogP contribution is 2.18. The minimum atomic E-state index is -1.04. The summed E-state index contributed by atoms with van der Waals surface area (Å²) in [6.45, 7) is 0. The van der Waals surface area contributed by atoms with E-state index in [9.17, 15) is 4.79 Å². The minimum absolute atomic E-state index is 0.106. The van der Waals surface area contributed by atoms with Gasteiger partial charge in [-0.1, -0.05) is 0 Å². The van der Waals surface area contributed by atoms with Gasteiger partial charge < -0.3 is 5.11 Å². The molecule has 0 fully saturated rings. The predicted molar refractivity (Wildman–Crippen MR) is 61.4 cm³/mol. The quantitative estimate of drug-likeness (QED) is 0.716. The Kier molecular flexibility index (Phi) is 2.23. The zero-order chi connectivity index (χ0) is 12.5. The SMILES string of the molecule is O=C(O)c1cncc2c1cnn2-c1ncccn1. The first-order valence-electron chi connectivity index (χ1n) is 5.10. The first kappa shape index (κ1) is 10.3. The fraction of sp³-hybridized carbons (Fsp3) is 0. The summed E-state index contributed by atoms with van der Waals surface area (Å²) in [5.41, 5.74) is 0.663. The van der Waals surface area contributed by atoms with Gasteiger partial charge in [0, 0.05) is 24.0 Å². The number of hydrogen-bond donors (Lipinski definition) is 1. The van der Waals surface area contributed by atoms with Crippen LogP contribution in [-0.2, 0) is 0 Å². The lowest BCUT2D eigenvalue weighted by Gasteiger charge is -2.00. The van der Waals surface area contributed by atoms with Gasteiger partial charge in [0.1, 0.15) is 0 Å². The molecule has 0 saturated heterocycles. The zero-order valence-electron chi connectivity index (χ0n) is 9.06. The summed E-state index contributed by atoms with van der Waals surface area (Å²) in [7, 11) is 0. The molecule has 0 atom stereocenters. The molecule has 3 aromatic rings. The number of nitrogens with zero attached hydrogens (tertiary/aromatic N) is 5. The van der Waals surface area contributed by atoms with Crippen LogP contribution in [0.3, 0.4) is 0 Å². The van der Waals surface area contributed by atoms with Crippen molar-refractivity contribution in [1.29, 1.82) is 0 Å². The molecule has 3 aromatic heterocycles. The molecular formula is C11H7N5O2. The smallest absolute Gasteiger partial charge is 0.338 e. The summed E-state index contributed by atoms with van der Waals surface area (Å²) in [4.78, 5) is 23.1. The van der Waals surface area contributed by atoms with Crippen LogP contribution >= 0.6 is 0 Å². The van der Waals surface area contributed by atoms with Gasteiger partial charge in [0.15, 0.2) is 0 Å². The first-order chi connectivity index (χ1) is 8.77. The molecule has 0 unspecified atom stereocenters. The fourth-order valence-electron chi connectivity index (χ4n) is 1.67. The van der Waals surface area contributed by atoms with Crippen LogP contribution in [0.4, 0.5) is 0 Å². The monoisotopic (exact) mass is 241 g/mol. The second kappa shape index (κ2) is 3.88. The maximum absolute atomic E-state index is 11.1. The molecule has 0 bridgehead atoms. The Morgan fingerprint density at radius 3 is 2.67 bits per heavy atom. The highest BCUT2D eigenvalue weighted by molar-refractivity contribution is 6.02. The summed E-state index contributed by atoms with van der Waals surface area (Å²) in [6, 6.07) is 1.69. The van der Waals surface area contributed by atoms with Gasteiger partial charge in [-0.25, -0.2) is 14.8 Å². The Bertz CT molecular complexity index is 723. The second-order valence-electron chi connectivity index (χ2n) is 3.53. The van der Waals surface area contributed by atoms with Gasteiger partial charge in [-0.05, 0) is 6.07 Å². The average Bonchev–Trinajstić information content (AvgIpc) is 2.83. The van der Waals surface area contributed by atoms with E-state index < -0.39 is 5.97 Å². The van der Waals surface area contributed by atoms with Crippen molar-refractivity contribution < 1.29 is 9.90 Å². The van der Waals surface area contributed by atoms with Crippen molar-refractivity contribution in [2.24, 2.45) is 0 Å². The van der Waals surface area contributed by atoms with Gasteiger partial charge in [0.05, 0.1) is 23.5 Å². The van der Waals surface area contributed by atoms with E-state index in [0.717, 1.165) is 0 Å². The molecule has 0 aliphatic heterocycles. The number of pyridine rings is 1. The lowest BCUT2D eigenvalue weighted by atomic mass is 10.2. The largest absolute Gasteiger partial charge is 0.478 e. The molecule has 7 heteroatoms. The van der Waals surface area contributed by atoms with Crippen molar-refractivity contribution in [2.45, 2.75) is 0 Å². The van der Waals surface area contributed by atoms with Crippen molar-refractivity contribution in [3.05, 3.63) is 42.6 Å². The zero-order valence-corrected chi connectivity index (χ0v) is 9.06. The number of aromatic nitrogens is 5. The third-order valence-electron chi connectivity index (χ3n) is 2.47. The van der Waals surface area contributed by atoms with Gasteiger partial charge in [0.2, 0.25) is 0 Å². The molecular weight excluding hydrogens is 234 g/mol. The Morgan fingerprint density at radius 1 is 1.17 bits per heavy atom. The topological polar surface area (TPSA) is 93.8 Å². The average molecular weight is 241 g/mol. The molecule has 3 rings (SSSR count). The third-order valence-corrected chi connectivity index (χ3v) is 2.47. The van der Waals surface area contributed by atoms with E-state index >= 15 is 0 Å². The van der Waals surface area contributed by atoms with Crippen LogP contribution in [0, 0.1) is 0 Å². The van der Waals surface area contributed by atoms with Crippen molar-refractivity contribution >= 4 is 16.9 Å². The van der Waals surface area contributed by atoms with E-state index in [-0.39, 0.29) is 5.56 Å². The summed E-state index contributed by atoms with van der Waals surface area (Å²) in [5, 5.41) is 13.7. The number of carbonyl (C=O) groups is 1. The molecule has 0 radical (unpaired) electrons. The number of hydrogen-bond acceptors (Lipinski definition) is 5. The fourth-order valence-corrected chi connectivity index (χ4v) is 1.67. The van der Waals surface area contributed by atoms with Crippen molar-refractivity contribution in [2.75, 3.05) is 0 Å². The van der Waals surface area contributed by atoms with Gasteiger partial charge in [-0.2, -0.15) is 9.78 Å². The lowest BCUT2D eigenvalue weighted by molar-refractivity contribution is 0.0698. The maximum atomic E-state index is 11.1. The van der Waals surface area contributed by atoms with Gasteiger partial charge >= 0.3 is 5.97 Å². The second-order valence-corrected chi connectivity index (χ2v) is 3.53. The molecule has 88 valence electrons. The first-order valence-corrected chi connectivity index (χ1v) is 5.10. The molecule has 18 heavy (non-hydrogen) atoms. The summed E-state index contributed by atoms with van der Waals surface area (Å²) in [5.74, 6) is -0.668. The van der Waals surface area contributed by atoms with Crippen molar-refractivity contribution in [3.63, 3.8) is 0 Å². The number of aromatic carboxylic acids is 1. The summed E-state index contributed by atoms with van der Waals surface area (Å²) < 4.78 is 1.45. The van der Waals surface area contributed by atoms with E-state index in [1.54, 1.807) is 18.5 Å². The van der Waals surface area contributed by atoms with Crippen molar-refractivity contribution in [1.82, 2.24) is 24.7 Å². The Labute approximate surface area is 101 Å². The molecule has 0 aliphatic rings. The summed E-state index contributed by atoms with van der Waals surface area (Å²) >= 11 is 0. The lowest BCUT2D eigenvalue weighted by Crippen LogP contribution is -2.02. The molecule has 1 N–H and O–H groups in total. The van der Waals surface area contributed by atoms with E-state index in [1.807, 2.05) is 0 Å². The van der Waals surface area contributed by atoms with E-state index in [1.165, 1.54) is 23.3 Å². The maximum Gasteiger partial charge on any atom is 0.338 e. The van der Waals surface area contributed by atoms with E-state index in [4.69, 9.17) is 5.11 Å². The minimum Gasteiger partial charge on any atom is -0.478 e. The van der Waals surface area contributed by atoms with Crippen LogP contribution in [0.1, 0.15) is 10.4 Å². The Balaban J connectivity index is 2.28. The predicted octanol–water partition coefficient (Wildman–Crippen LogP) is 0.909. The van der Waals surface area contributed by atoms with Gasteiger partial charge in [-0.15, -0.1) is 0 Å². The molecule has 0 spiro atoms. The number of rotatable bonds is 2. The molecule has 0 aromatic carbocycles. The molecule has 7 nitrogen and oxygen atoms in total. The van der Waals surface area contributed by atoms with E-state index in [2.05, 4.69) is 20.1 Å².